The molecule has 0 atom stereocenters. The monoisotopic (exact) mass is 784 g/mol. The second-order valence-corrected chi connectivity index (χ2v) is 12.8. The maximum atomic E-state index is 12.1. The van der Waals surface area contributed by atoms with Gasteiger partial charge < -0.3 is 19.2 Å². The zero-order valence-electron chi connectivity index (χ0n) is 27.9. The lowest BCUT2D eigenvalue weighted by molar-refractivity contribution is 0.390. The number of halogens is 4. The van der Waals surface area contributed by atoms with Gasteiger partial charge in [-0.05, 0) is 86.3 Å². The second kappa shape index (κ2) is 18.7. The highest BCUT2D eigenvalue weighted by Crippen LogP contribution is 2.37. The van der Waals surface area contributed by atoms with Crippen LogP contribution < -0.4 is 19.8 Å². The molecule has 0 spiro atoms. The summed E-state index contributed by atoms with van der Waals surface area (Å²) in [4.78, 5) is 27.8. The van der Waals surface area contributed by atoms with E-state index >= 15 is 0 Å². The van der Waals surface area contributed by atoms with Gasteiger partial charge in [0, 0.05) is 57.3 Å². The van der Waals surface area contributed by atoms with Gasteiger partial charge in [0.1, 0.15) is 21.5 Å². The van der Waals surface area contributed by atoms with E-state index < -0.39 is 5.56 Å². The van der Waals surface area contributed by atoms with E-state index in [0.717, 1.165) is 17.1 Å². The molecule has 0 aliphatic carbocycles. The van der Waals surface area contributed by atoms with E-state index in [4.69, 9.17) is 71.1 Å². The first-order chi connectivity index (χ1) is 25.6. The van der Waals surface area contributed by atoms with E-state index in [2.05, 4.69) is 19.9 Å². The predicted molar refractivity (Wildman–Crippen MR) is 204 cm³/mol. The number of hydrogen-bond donors (Lipinski definition) is 1. The molecule has 0 saturated carbocycles. The summed E-state index contributed by atoms with van der Waals surface area (Å²) in [5.74, 6) is 1.60. The van der Waals surface area contributed by atoms with Gasteiger partial charge in [-0.3, -0.25) is 14.8 Å². The van der Waals surface area contributed by atoms with E-state index in [1.165, 1.54) is 19.2 Å². The first-order valence-electron chi connectivity index (χ1n) is 15.9. The van der Waals surface area contributed by atoms with Crippen molar-refractivity contribution in [3.8, 4) is 41.0 Å². The van der Waals surface area contributed by atoms with Crippen molar-refractivity contribution in [1.29, 1.82) is 10.5 Å². The Hall–Kier alpha value is -5.62. The molecule has 6 rings (SSSR count). The molecule has 0 bridgehead atoms. The SMILES string of the molecule is COc1nc(CCc2ccccn2)cc(Oc2cc(Cl)cc(C#N)c2)c1Cl.N#Cc1cc(Cl)cc(Oc2cc(CCc3ccccn3)[nH]c(=O)c2Cl)c1. The summed E-state index contributed by atoms with van der Waals surface area (Å²) in [6.45, 7) is 0. The molecule has 4 aromatic heterocycles. The Morgan fingerprint density at radius 3 is 1.70 bits per heavy atom. The zero-order valence-corrected chi connectivity index (χ0v) is 31.0. The number of aryl methyl sites for hydroxylation is 4. The van der Waals surface area contributed by atoms with Gasteiger partial charge in [-0.2, -0.15) is 10.5 Å². The molecule has 0 unspecified atom stereocenters. The number of nitrogens with zero attached hydrogens (tertiary/aromatic N) is 5. The average molecular weight is 787 g/mol. The number of pyridine rings is 4. The molecule has 0 saturated heterocycles. The van der Waals surface area contributed by atoms with Crippen LogP contribution in [-0.2, 0) is 25.7 Å². The maximum absolute atomic E-state index is 12.1. The van der Waals surface area contributed by atoms with Gasteiger partial charge in [-0.1, -0.05) is 58.5 Å². The maximum Gasteiger partial charge on any atom is 0.270 e. The standard InChI is InChI=1S/C20H15Cl2N3O2.C19H13Cl2N3O2/c1-26-20-19(22)18(27-17-9-13(12-23)8-14(21)10-17)11-16(25-20)6-5-15-4-2-3-7-24-15;20-13-7-12(11-22)8-16(9-13)26-17-10-15(24-19(25)18(17)21)5-4-14-3-1-2-6-23-14/h2-4,7-11H,5-6H2,1H3;1-3,6-10H,4-5H2,(H,24,25). The van der Waals surface area contributed by atoms with Crippen molar-refractivity contribution < 1.29 is 14.2 Å². The smallest absolute Gasteiger partial charge is 0.270 e. The van der Waals surface area contributed by atoms with E-state index in [9.17, 15) is 4.79 Å². The van der Waals surface area contributed by atoms with Gasteiger partial charge in [-0.15, -0.1) is 0 Å². The number of H-pyrrole nitrogens is 1. The number of aromatic nitrogens is 4. The Bertz CT molecular complexity index is 2350. The Morgan fingerprint density at radius 1 is 0.660 bits per heavy atom. The Balaban J connectivity index is 0.000000204. The van der Waals surface area contributed by atoms with Gasteiger partial charge >= 0.3 is 0 Å². The average Bonchev–Trinajstić information content (AvgIpc) is 3.16. The molecule has 10 nitrogen and oxygen atoms in total. The normalized spacial score (nSPS) is 10.3. The second-order valence-electron chi connectivity index (χ2n) is 11.2. The molecule has 266 valence electrons. The third kappa shape index (κ3) is 11.2. The van der Waals surface area contributed by atoms with Gasteiger partial charge in [0.2, 0.25) is 5.88 Å². The van der Waals surface area contributed by atoms with Crippen molar-refractivity contribution in [2.45, 2.75) is 25.7 Å². The molecule has 0 radical (unpaired) electrons. The lowest BCUT2D eigenvalue weighted by Gasteiger charge is -2.13. The molecule has 4 heterocycles. The van der Waals surface area contributed by atoms with E-state index in [0.29, 0.717) is 69.8 Å². The number of nitrogens with one attached hydrogen (secondary N) is 1. The van der Waals surface area contributed by atoms with Crippen LogP contribution in [0.2, 0.25) is 20.1 Å². The molecule has 1 N–H and O–H groups in total. The largest absolute Gasteiger partial charge is 0.480 e. The molecule has 6 aromatic rings. The fourth-order valence-corrected chi connectivity index (χ4v) is 5.69. The van der Waals surface area contributed by atoms with Crippen LogP contribution in [0.1, 0.15) is 33.9 Å². The number of ether oxygens (including phenoxy) is 3. The third-order valence-electron chi connectivity index (χ3n) is 7.33. The topological polar surface area (TPSA) is 147 Å². The van der Waals surface area contributed by atoms with Gasteiger partial charge in [0.05, 0.1) is 30.4 Å². The molecule has 0 aliphatic heterocycles. The number of nitriles is 2. The minimum Gasteiger partial charge on any atom is -0.480 e. The van der Waals surface area contributed by atoms with Crippen LogP contribution in [0.3, 0.4) is 0 Å². The first kappa shape index (κ1) is 38.6. The first-order valence-corrected chi connectivity index (χ1v) is 17.4. The van der Waals surface area contributed by atoms with Crippen LogP contribution >= 0.6 is 46.4 Å². The minimum atomic E-state index is -0.442. The number of benzene rings is 2. The lowest BCUT2D eigenvalue weighted by Crippen LogP contribution is -2.11. The molecule has 0 aliphatic rings. The Labute approximate surface area is 325 Å². The quantitative estimate of drug-likeness (QED) is 0.136. The van der Waals surface area contributed by atoms with Gasteiger partial charge in [0.25, 0.3) is 5.56 Å². The summed E-state index contributed by atoms with van der Waals surface area (Å²) in [5.41, 5.74) is 3.60. The van der Waals surface area contributed by atoms with Gasteiger partial charge in [-0.25, -0.2) is 4.98 Å². The fourth-order valence-electron chi connectivity index (χ4n) is 4.89. The predicted octanol–water partition coefficient (Wildman–Crippen LogP) is 9.77. The molecule has 2 aromatic carbocycles. The van der Waals surface area contributed by atoms with Crippen molar-refractivity contribution >= 4 is 46.4 Å². The summed E-state index contributed by atoms with van der Waals surface area (Å²) >= 11 is 24.4. The summed E-state index contributed by atoms with van der Waals surface area (Å²) in [6, 6.07) is 28.3. The molecular weight excluding hydrogens is 758 g/mol. The van der Waals surface area contributed by atoms with Crippen molar-refractivity contribution in [2.24, 2.45) is 0 Å². The lowest BCUT2D eigenvalue weighted by atomic mass is 10.1. The molecule has 0 amide bonds. The van der Waals surface area contributed by atoms with E-state index in [-0.39, 0.29) is 21.7 Å². The van der Waals surface area contributed by atoms with Crippen molar-refractivity contribution in [3.63, 3.8) is 0 Å². The molecular formula is C39H28Cl4N6O4. The van der Waals surface area contributed by atoms with Crippen LogP contribution in [0.5, 0.6) is 28.9 Å². The number of aromatic amines is 1. The number of methoxy groups -OCH3 is 1. The Kier molecular flexibility index (Phi) is 13.7. The molecule has 0 fully saturated rings. The summed E-state index contributed by atoms with van der Waals surface area (Å²) in [6.07, 6.45) is 6.06. The van der Waals surface area contributed by atoms with Crippen LogP contribution in [0.25, 0.3) is 0 Å². The molecule has 14 heteroatoms. The third-order valence-corrected chi connectivity index (χ3v) is 8.47. The molecule has 53 heavy (non-hydrogen) atoms. The minimum absolute atomic E-state index is 0.0648. The van der Waals surface area contributed by atoms with Crippen molar-refractivity contribution in [3.05, 3.63) is 162 Å². The summed E-state index contributed by atoms with van der Waals surface area (Å²) < 4.78 is 16.8. The van der Waals surface area contributed by atoms with Crippen molar-refractivity contribution in [1.82, 2.24) is 19.9 Å². The fraction of sp³-hybridized carbons (Fsp3) is 0.128. The number of rotatable bonds is 11. The van der Waals surface area contributed by atoms with Crippen LogP contribution in [0, 0.1) is 22.7 Å². The van der Waals surface area contributed by atoms with Gasteiger partial charge in [0.15, 0.2) is 11.5 Å². The number of hydrogen-bond acceptors (Lipinski definition) is 9. The zero-order chi connectivity index (χ0) is 37.7. The van der Waals surface area contributed by atoms with Crippen LogP contribution in [0.4, 0.5) is 0 Å². The van der Waals surface area contributed by atoms with Crippen LogP contribution in [-0.4, -0.2) is 27.0 Å². The van der Waals surface area contributed by atoms with Crippen LogP contribution in [0.15, 0.2) is 102 Å². The highest BCUT2D eigenvalue weighted by molar-refractivity contribution is 6.33. The highest BCUT2D eigenvalue weighted by atomic mass is 35.5. The Morgan fingerprint density at radius 2 is 1.19 bits per heavy atom. The van der Waals surface area contributed by atoms with E-state index in [1.54, 1.807) is 48.8 Å². The van der Waals surface area contributed by atoms with E-state index in [1.807, 2.05) is 48.5 Å². The summed E-state index contributed by atoms with van der Waals surface area (Å²) in [7, 11) is 1.49. The summed E-state index contributed by atoms with van der Waals surface area (Å²) in [5, 5.41) is 19.0. The highest BCUT2D eigenvalue weighted by Gasteiger charge is 2.15. The van der Waals surface area contributed by atoms with Crippen molar-refractivity contribution in [2.75, 3.05) is 7.11 Å².